The number of rotatable bonds is 2. The number of alkyl halides is 3. The molecule has 3 heterocycles. The van der Waals surface area contributed by atoms with E-state index in [1.54, 1.807) is 24.3 Å². The Kier molecular flexibility index (Phi) is 6.00. The van der Waals surface area contributed by atoms with Gasteiger partial charge in [0.1, 0.15) is 0 Å². The van der Waals surface area contributed by atoms with Crippen molar-refractivity contribution in [3.05, 3.63) is 46.0 Å². The number of nitrogens with one attached hydrogen (secondary N) is 1. The summed E-state index contributed by atoms with van der Waals surface area (Å²) < 4.78 is 31.7. The van der Waals surface area contributed by atoms with E-state index in [-0.39, 0.29) is 18.4 Å². The molecule has 1 aromatic rings. The molecule has 2 unspecified atom stereocenters. The maximum absolute atomic E-state index is 12.4. The number of fused-ring (bicyclic) bond motifs is 3. The minimum absolute atomic E-state index is 0.197. The fourth-order valence-corrected chi connectivity index (χ4v) is 4.03. The highest BCUT2D eigenvalue weighted by Gasteiger charge is 2.38. The molecule has 156 valence electrons. The van der Waals surface area contributed by atoms with E-state index in [0.717, 1.165) is 12.8 Å². The van der Waals surface area contributed by atoms with Crippen molar-refractivity contribution in [3.63, 3.8) is 0 Å². The van der Waals surface area contributed by atoms with Crippen LogP contribution < -0.4 is 5.32 Å². The van der Waals surface area contributed by atoms with Crippen molar-refractivity contribution >= 4 is 29.4 Å². The Hall–Kier alpha value is -2.39. The SMILES string of the molecule is O=C(O)C(F)(F)F.O=C1c2ccccc2C(=O)N1CC(Cl)=C1CC2CCC(C1)N2. The Morgan fingerprint density at radius 3 is 1.97 bits per heavy atom. The first-order valence-corrected chi connectivity index (χ1v) is 9.33. The Balaban J connectivity index is 0.000000298. The van der Waals surface area contributed by atoms with E-state index in [1.165, 1.54) is 23.3 Å². The van der Waals surface area contributed by atoms with Gasteiger partial charge >= 0.3 is 12.1 Å². The number of carboxylic acids is 1. The van der Waals surface area contributed by atoms with Crippen LogP contribution in [0.2, 0.25) is 0 Å². The molecular formula is C19H18ClF3N2O4. The first-order chi connectivity index (χ1) is 13.6. The first kappa shape index (κ1) is 21.3. The number of carbonyl (C=O) groups excluding carboxylic acids is 2. The van der Waals surface area contributed by atoms with Crippen molar-refractivity contribution < 1.29 is 32.7 Å². The van der Waals surface area contributed by atoms with E-state index in [4.69, 9.17) is 21.5 Å². The van der Waals surface area contributed by atoms with Gasteiger partial charge in [-0.15, -0.1) is 0 Å². The van der Waals surface area contributed by atoms with Gasteiger partial charge in [-0.25, -0.2) is 4.79 Å². The molecule has 3 aliphatic rings. The summed E-state index contributed by atoms with van der Waals surface area (Å²) in [6.45, 7) is 0.197. The second-order valence-electron chi connectivity index (χ2n) is 7.10. The molecule has 0 spiro atoms. The zero-order chi connectivity index (χ0) is 21.3. The van der Waals surface area contributed by atoms with Crippen LogP contribution in [0.5, 0.6) is 0 Å². The molecule has 4 rings (SSSR count). The van der Waals surface area contributed by atoms with Crippen molar-refractivity contribution in [1.29, 1.82) is 0 Å². The van der Waals surface area contributed by atoms with Crippen molar-refractivity contribution in [2.45, 2.75) is 43.9 Å². The molecule has 3 aliphatic heterocycles. The molecule has 0 radical (unpaired) electrons. The van der Waals surface area contributed by atoms with Crippen molar-refractivity contribution in [3.8, 4) is 0 Å². The number of carbonyl (C=O) groups is 3. The van der Waals surface area contributed by atoms with Crippen LogP contribution >= 0.6 is 11.6 Å². The number of hydrogen-bond donors (Lipinski definition) is 2. The number of imide groups is 1. The van der Waals surface area contributed by atoms with Gasteiger partial charge in [0.2, 0.25) is 0 Å². The van der Waals surface area contributed by atoms with Crippen LogP contribution in [0.25, 0.3) is 0 Å². The lowest BCUT2D eigenvalue weighted by atomic mass is 9.98. The van der Waals surface area contributed by atoms with E-state index >= 15 is 0 Å². The predicted octanol–water partition coefficient (Wildman–Crippen LogP) is 3.32. The minimum atomic E-state index is -5.08. The number of carboxylic acid groups (broad SMARTS) is 1. The average Bonchev–Trinajstić information content (AvgIpc) is 3.12. The van der Waals surface area contributed by atoms with Gasteiger partial charge in [0.05, 0.1) is 17.7 Å². The third kappa shape index (κ3) is 4.62. The van der Waals surface area contributed by atoms with Crippen molar-refractivity contribution in [2.24, 2.45) is 0 Å². The van der Waals surface area contributed by atoms with Gasteiger partial charge in [-0.2, -0.15) is 13.2 Å². The average molecular weight is 431 g/mol. The summed E-state index contributed by atoms with van der Waals surface area (Å²) in [6, 6.07) is 7.95. The number of piperidine rings is 1. The van der Waals surface area contributed by atoms with Crippen LogP contribution in [0.4, 0.5) is 13.2 Å². The summed E-state index contributed by atoms with van der Waals surface area (Å²) in [5, 5.41) is 11.3. The number of nitrogens with zero attached hydrogens (tertiary/aromatic N) is 1. The molecular weight excluding hydrogens is 413 g/mol. The predicted molar refractivity (Wildman–Crippen MR) is 97.6 cm³/mol. The molecule has 0 aromatic heterocycles. The van der Waals surface area contributed by atoms with E-state index in [0.29, 0.717) is 28.2 Å². The molecule has 29 heavy (non-hydrogen) atoms. The lowest BCUT2D eigenvalue weighted by Crippen LogP contribution is -2.36. The largest absolute Gasteiger partial charge is 0.490 e. The Morgan fingerprint density at radius 2 is 1.55 bits per heavy atom. The molecule has 0 aliphatic carbocycles. The standard InChI is InChI=1S/C17H17ClN2O2.C2HF3O2/c18-15(10-7-11-5-6-12(8-10)19-11)9-20-16(21)13-3-1-2-4-14(13)17(20)22;3-2(4,5)1(6)7/h1-4,11-12,19H,5-9H2;(H,6,7). The summed E-state index contributed by atoms with van der Waals surface area (Å²) in [4.78, 5) is 34.9. The number of amides is 2. The van der Waals surface area contributed by atoms with Gasteiger partial charge in [-0.1, -0.05) is 29.3 Å². The summed E-state index contributed by atoms with van der Waals surface area (Å²) in [6.07, 6.45) is -0.853. The van der Waals surface area contributed by atoms with E-state index in [1.807, 2.05) is 0 Å². The number of benzene rings is 1. The van der Waals surface area contributed by atoms with E-state index < -0.39 is 12.1 Å². The molecule has 10 heteroatoms. The summed E-state index contributed by atoms with van der Waals surface area (Å²) >= 11 is 6.48. The molecule has 2 fully saturated rings. The number of halogens is 4. The van der Waals surface area contributed by atoms with Crippen LogP contribution in [-0.2, 0) is 4.79 Å². The smallest absolute Gasteiger partial charge is 0.475 e. The maximum Gasteiger partial charge on any atom is 0.490 e. The van der Waals surface area contributed by atoms with Crippen LogP contribution in [0.1, 0.15) is 46.4 Å². The fraction of sp³-hybridized carbons (Fsp3) is 0.421. The monoisotopic (exact) mass is 430 g/mol. The third-order valence-corrected chi connectivity index (χ3v) is 5.51. The van der Waals surface area contributed by atoms with Gasteiger partial charge in [-0.05, 0) is 37.8 Å². The first-order valence-electron chi connectivity index (χ1n) is 8.95. The van der Waals surface area contributed by atoms with Crippen molar-refractivity contribution in [1.82, 2.24) is 10.2 Å². The number of hydrogen-bond acceptors (Lipinski definition) is 4. The van der Waals surface area contributed by atoms with Crippen LogP contribution in [0.15, 0.2) is 34.9 Å². The molecule has 1 aromatic carbocycles. The van der Waals surface area contributed by atoms with Crippen LogP contribution in [0, 0.1) is 0 Å². The maximum atomic E-state index is 12.4. The number of aliphatic carboxylic acids is 1. The summed E-state index contributed by atoms with van der Waals surface area (Å²) in [5.41, 5.74) is 2.16. The highest BCUT2D eigenvalue weighted by molar-refractivity contribution is 6.31. The molecule has 2 atom stereocenters. The Labute approximate surface area is 169 Å². The quantitative estimate of drug-likeness (QED) is 0.703. The summed E-state index contributed by atoms with van der Waals surface area (Å²) in [5.74, 6) is -3.24. The van der Waals surface area contributed by atoms with Gasteiger partial charge in [0.25, 0.3) is 11.8 Å². The van der Waals surface area contributed by atoms with Gasteiger partial charge in [0.15, 0.2) is 0 Å². The molecule has 2 amide bonds. The summed E-state index contributed by atoms with van der Waals surface area (Å²) in [7, 11) is 0. The molecule has 2 N–H and O–H groups in total. The van der Waals surface area contributed by atoms with E-state index in [9.17, 15) is 22.8 Å². The van der Waals surface area contributed by atoms with Crippen LogP contribution in [0.3, 0.4) is 0 Å². The van der Waals surface area contributed by atoms with Gasteiger partial charge < -0.3 is 10.4 Å². The van der Waals surface area contributed by atoms with Gasteiger partial charge in [-0.3, -0.25) is 14.5 Å². The molecule has 2 saturated heterocycles. The minimum Gasteiger partial charge on any atom is -0.475 e. The normalized spacial score (nSPS) is 22.9. The second kappa shape index (κ2) is 8.16. The zero-order valence-corrected chi connectivity index (χ0v) is 15.9. The second-order valence-corrected chi connectivity index (χ2v) is 7.56. The van der Waals surface area contributed by atoms with Crippen molar-refractivity contribution in [2.75, 3.05) is 6.54 Å². The lowest BCUT2D eigenvalue weighted by Gasteiger charge is -2.25. The van der Waals surface area contributed by atoms with E-state index in [2.05, 4.69) is 5.32 Å². The molecule has 2 bridgehead atoms. The Morgan fingerprint density at radius 1 is 1.10 bits per heavy atom. The lowest BCUT2D eigenvalue weighted by molar-refractivity contribution is -0.192. The van der Waals surface area contributed by atoms with Crippen LogP contribution in [-0.4, -0.2) is 52.6 Å². The third-order valence-electron chi connectivity index (χ3n) is 5.12. The highest BCUT2D eigenvalue weighted by Crippen LogP contribution is 2.34. The Bertz CT molecular complexity index is 835. The van der Waals surface area contributed by atoms with Gasteiger partial charge in [0, 0.05) is 17.1 Å². The molecule has 6 nitrogen and oxygen atoms in total. The molecule has 0 saturated carbocycles. The topological polar surface area (TPSA) is 86.7 Å². The fourth-order valence-electron chi connectivity index (χ4n) is 3.76. The zero-order valence-electron chi connectivity index (χ0n) is 15.1. The highest BCUT2D eigenvalue weighted by atomic mass is 35.5.